The summed E-state index contributed by atoms with van der Waals surface area (Å²) >= 11 is 0. The van der Waals surface area contributed by atoms with Crippen LogP contribution in [0, 0.1) is 17.3 Å². The van der Waals surface area contributed by atoms with Gasteiger partial charge in [0.2, 0.25) is 0 Å². The molecule has 0 aromatic rings. The smallest absolute Gasteiger partial charge is 0.0105 e. The quantitative estimate of drug-likeness (QED) is 0.819. The van der Waals surface area contributed by atoms with Gasteiger partial charge >= 0.3 is 0 Å². The highest BCUT2D eigenvalue weighted by atomic mass is 15.2. The maximum absolute atomic E-state index is 3.58. The third-order valence-electron chi connectivity index (χ3n) is 5.45. The second-order valence-electron chi connectivity index (χ2n) is 7.77. The molecule has 1 aliphatic heterocycles. The van der Waals surface area contributed by atoms with Crippen molar-refractivity contribution in [3.63, 3.8) is 0 Å². The lowest BCUT2D eigenvalue weighted by Gasteiger charge is -2.42. The molecule has 3 unspecified atom stereocenters. The minimum Gasteiger partial charge on any atom is -0.317 e. The normalized spacial score (nSPS) is 35.7. The van der Waals surface area contributed by atoms with Crippen molar-refractivity contribution in [2.24, 2.45) is 17.3 Å². The monoisotopic (exact) mass is 266 g/mol. The molecule has 1 saturated heterocycles. The fraction of sp³-hybridized carbons (Fsp3) is 1.00. The molecule has 3 atom stereocenters. The molecule has 0 aromatic carbocycles. The Labute approximate surface area is 120 Å². The van der Waals surface area contributed by atoms with Gasteiger partial charge in [0, 0.05) is 19.1 Å². The van der Waals surface area contributed by atoms with Gasteiger partial charge in [0.1, 0.15) is 0 Å². The molecule has 0 amide bonds. The Morgan fingerprint density at radius 1 is 1.26 bits per heavy atom. The summed E-state index contributed by atoms with van der Waals surface area (Å²) in [5, 5.41) is 3.58. The summed E-state index contributed by atoms with van der Waals surface area (Å²) in [6, 6.07) is 0.748. The van der Waals surface area contributed by atoms with Gasteiger partial charge in [-0.1, -0.05) is 27.2 Å². The van der Waals surface area contributed by atoms with Crippen LogP contribution >= 0.6 is 0 Å². The zero-order valence-corrected chi connectivity index (χ0v) is 13.5. The molecule has 112 valence electrons. The first kappa shape index (κ1) is 15.3. The zero-order chi connectivity index (χ0) is 13.9. The summed E-state index contributed by atoms with van der Waals surface area (Å²) in [7, 11) is 2.15. The first-order valence-corrected chi connectivity index (χ1v) is 8.43. The van der Waals surface area contributed by atoms with Gasteiger partial charge in [-0.3, -0.25) is 0 Å². The molecular formula is C17H34N2. The van der Waals surface area contributed by atoms with Gasteiger partial charge in [0.05, 0.1) is 0 Å². The van der Waals surface area contributed by atoms with E-state index in [-0.39, 0.29) is 0 Å². The molecule has 1 aliphatic carbocycles. The van der Waals surface area contributed by atoms with Crippen LogP contribution in [0.2, 0.25) is 0 Å². The Kier molecular flexibility index (Phi) is 5.30. The van der Waals surface area contributed by atoms with E-state index in [0.29, 0.717) is 5.41 Å². The van der Waals surface area contributed by atoms with Gasteiger partial charge in [-0.2, -0.15) is 0 Å². The molecule has 0 radical (unpaired) electrons. The number of hydrogen-bond donors (Lipinski definition) is 1. The molecule has 2 fully saturated rings. The van der Waals surface area contributed by atoms with Gasteiger partial charge in [-0.05, 0) is 62.9 Å². The van der Waals surface area contributed by atoms with Crippen molar-refractivity contribution in [3.05, 3.63) is 0 Å². The molecule has 2 nitrogen and oxygen atoms in total. The molecule has 0 bridgehead atoms. The van der Waals surface area contributed by atoms with Crippen molar-refractivity contribution >= 4 is 0 Å². The lowest BCUT2D eigenvalue weighted by Crippen LogP contribution is -2.46. The Hall–Kier alpha value is -0.0800. The van der Waals surface area contributed by atoms with Gasteiger partial charge in [-0.15, -0.1) is 0 Å². The first-order valence-electron chi connectivity index (χ1n) is 8.43. The summed E-state index contributed by atoms with van der Waals surface area (Å²) in [5.41, 5.74) is 0.556. The van der Waals surface area contributed by atoms with Crippen LogP contribution in [-0.4, -0.2) is 37.6 Å². The van der Waals surface area contributed by atoms with E-state index in [9.17, 15) is 0 Å². The summed E-state index contributed by atoms with van der Waals surface area (Å²) in [5.74, 6) is 1.84. The van der Waals surface area contributed by atoms with Crippen molar-refractivity contribution in [2.75, 3.05) is 26.7 Å². The number of nitrogens with zero attached hydrogens (tertiary/aromatic N) is 1. The van der Waals surface area contributed by atoms with Crippen molar-refractivity contribution in [1.29, 1.82) is 0 Å². The van der Waals surface area contributed by atoms with Crippen LogP contribution in [0.25, 0.3) is 0 Å². The molecule has 2 rings (SSSR count). The van der Waals surface area contributed by atoms with Crippen LogP contribution in [0.4, 0.5) is 0 Å². The van der Waals surface area contributed by atoms with Gasteiger partial charge in [0.15, 0.2) is 0 Å². The standard InChI is InChI=1S/C17H34N2/c1-5-6-14-8-10-19(12-14)13-15-11-17(2,3)9-7-16(15)18-4/h14-16,18H,5-13H2,1-4H3. The highest BCUT2D eigenvalue weighted by molar-refractivity contribution is 4.90. The maximum Gasteiger partial charge on any atom is 0.0105 e. The molecule has 2 aliphatic rings. The second kappa shape index (κ2) is 6.58. The second-order valence-corrected chi connectivity index (χ2v) is 7.77. The highest BCUT2D eigenvalue weighted by Gasteiger charge is 2.36. The van der Waals surface area contributed by atoms with Crippen LogP contribution in [0.15, 0.2) is 0 Å². The van der Waals surface area contributed by atoms with Crippen LogP contribution in [0.3, 0.4) is 0 Å². The predicted molar refractivity (Wildman–Crippen MR) is 83.4 cm³/mol. The Morgan fingerprint density at radius 3 is 2.74 bits per heavy atom. The fourth-order valence-electron chi connectivity index (χ4n) is 4.36. The molecule has 0 spiro atoms. The van der Waals surface area contributed by atoms with E-state index in [2.05, 4.69) is 38.0 Å². The summed E-state index contributed by atoms with van der Waals surface area (Å²) in [4.78, 5) is 2.75. The van der Waals surface area contributed by atoms with E-state index >= 15 is 0 Å². The molecule has 2 heteroatoms. The van der Waals surface area contributed by atoms with Crippen molar-refractivity contribution in [2.45, 2.75) is 65.3 Å². The van der Waals surface area contributed by atoms with Crippen molar-refractivity contribution in [1.82, 2.24) is 10.2 Å². The number of nitrogens with one attached hydrogen (secondary N) is 1. The third-order valence-corrected chi connectivity index (χ3v) is 5.45. The molecular weight excluding hydrogens is 232 g/mol. The van der Waals surface area contributed by atoms with Gasteiger partial charge in [0.25, 0.3) is 0 Å². The molecule has 1 saturated carbocycles. The molecule has 1 N–H and O–H groups in total. The lowest BCUT2D eigenvalue weighted by atomic mass is 9.69. The predicted octanol–water partition coefficient (Wildman–Crippen LogP) is 3.52. The fourth-order valence-corrected chi connectivity index (χ4v) is 4.36. The van der Waals surface area contributed by atoms with Crippen LogP contribution in [0.5, 0.6) is 0 Å². The average Bonchev–Trinajstić information content (AvgIpc) is 2.76. The van der Waals surface area contributed by atoms with E-state index in [1.807, 2.05) is 0 Å². The molecule has 19 heavy (non-hydrogen) atoms. The summed E-state index contributed by atoms with van der Waals surface area (Å²) in [6.07, 6.45) is 8.37. The minimum absolute atomic E-state index is 0.556. The Morgan fingerprint density at radius 2 is 2.05 bits per heavy atom. The van der Waals surface area contributed by atoms with Gasteiger partial charge < -0.3 is 10.2 Å². The molecule has 0 aromatic heterocycles. The van der Waals surface area contributed by atoms with E-state index < -0.39 is 0 Å². The Balaban J connectivity index is 1.86. The molecule has 1 heterocycles. The van der Waals surface area contributed by atoms with E-state index in [4.69, 9.17) is 0 Å². The number of likely N-dealkylation sites (tertiary alicyclic amines) is 1. The van der Waals surface area contributed by atoms with Crippen LogP contribution in [0.1, 0.15) is 59.3 Å². The van der Waals surface area contributed by atoms with Gasteiger partial charge in [-0.25, -0.2) is 0 Å². The van der Waals surface area contributed by atoms with E-state index in [1.54, 1.807) is 0 Å². The maximum atomic E-state index is 3.58. The van der Waals surface area contributed by atoms with Crippen molar-refractivity contribution < 1.29 is 0 Å². The average molecular weight is 266 g/mol. The highest BCUT2D eigenvalue weighted by Crippen LogP contribution is 2.39. The Bertz CT molecular complexity index is 274. The number of hydrogen-bond acceptors (Lipinski definition) is 2. The van der Waals surface area contributed by atoms with E-state index in [1.165, 1.54) is 58.2 Å². The lowest BCUT2D eigenvalue weighted by molar-refractivity contribution is 0.110. The minimum atomic E-state index is 0.556. The number of rotatable bonds is 5. The SMILES string of the molecule is CCCC1CCN(CC2CC(C)(C)CCC2NC)C1. The van der Waals surface area contributed by atoms with Crippen molar-refractivity contribution in [3.8, 4) is 0 Å². The first-order chi connectivity index (χ1) is 9.04. The van der Waals surface area contributed by atoms with E-state index in [0.717, 1.165) is 17.9 Å². The van der Waals surface area contributed by atoms with Crippen LogP contribution in [-0.2, 0) is 0 Å². The zero-order valence-electron chi connectivity index (χ0n) is 13.5. The summed E-state index contributed by atoms with van der Waals surface area (Å²) in [6.45, 7) is 11.3. The van der Waals surface area contributed by atoms with Crippen LogP contribution < -0.4 is 5.32 Å². The third kappa shape index (κ3) is 4.19. The summed E-state index contributed by atoms with van der Waals surface area (Å²) < 4.78 is 0. The topological polar surface area (TPSA) is 15.3 Å². The largest absolute Gasteiger partial charge is 0.317 e.